The van der Waals surface area contributed by atoms with Gasteiger partial charge in [0.15, 0.2) is 0 Å². The van der Waals surface area contributed by atoms with Gasteiger partial charge in [0.1, 0.15) is 11.6 Å². The molecule has 0 aliphatic rings. The van der Waals surface area contributed by atoms with E-state index in [1.165, 1.54) is 0 Å². The summed E-state index contributed by atoms with van der Waals surface area (Å²) in [5, 5.41) is 1.10. The van der Waals surface area contributed by atoms with E-state index >= 15 is 0 Å². The lowest BCUT2D eigenvalue weighted by atomic mass is 10.1. The number of para-hydroxylation sites is 1. The van der Waals surface area contributed by atoms with Gasteiger partial charge in [-0.15, -0.1) is 0 Å². The number of pyridine rings is 3. The van der Waals surface area contributed by atoms with Crippen molar-refractivity contribution < 1.29 is 4.74 Å². The lowest BCUT2D eigenvalue weighted by molar-refractivity contribution is 0.463. The zero-order chi connectivity index (χ0) is 21.3. The number of aromatic nitrogens is 4. The average molecular weight is 414 g/mol. The van der Waals surface area contributed by atoms with E-state index in [0.29, 0.717) is 5.88 Å². The lowest BCUT2D eigenvalue weighted by Crippen LogP contribution is -1.96. The zero-order valence-corrected chi connectivity index (χ0v) is 17.1. The number of hydrogen-bond acceptors (Lipinski definition) is 4. The molecule has 0 saturated carbocycles. The molecular formula is C27H18N4O. The van der Waals surface area contributed by atoms with Crippen LogP contribution in [0.25, 0.3) is 38.9 Å². The van der Waals surface area contributed by atoms with Crippen LogP contribution in [0.15, 0.2) is 110 Å². The fourth-order valence-electron chi connectivity index (χ4n) is 3.99. The average Bonchev–Trinajstić information content (AvgIpc) is 3.19. The molecule has 0 radical (unpaired) electrons. The second kappa shape index (κ2) is 7.63. The van der Waals surface area contributed by atoms with Crippen LogP contribution in [0.4, 0.5) is 0 Å². The van der Waals surface area contributed by atoms with Gasteiger partial charge in [0.2, 0.25) is 5.88 Å². The molecule has 5 nitrogen and oxygen atoms in total. The monoisotopic (exact) mass is 414 g/mol. The Labute approximate surface area is 184 Å². The minimum atomic E-state index is 0.563. The molecule has 32 heavy (non-hydrogen) atoms. The summed E-state index contributed by atoms with van der Waals surface area (Å²) in [6.45, 7) is 0. The molecule has 0 saturated heterocycles. The first-order valence-electron chi connectivity index (χ1n) is 10.4. The maximum absolute atomic E-state index is 5.92. The van der Waals surface area contributed by atoms with Crippen molar-refractivity contribution in [1.29, 1.82) is 0 Å². The summed E-state index contributed by atoms with van der Waals surface area (Å²) in [4.78, 5) is 13.7. The van der Waals surface area contributed by atoms with Crippen molar-refractivity contribution in [3.63, 3.8) is 0 Å². The Hall–Kier alpha value is -4.51. The van der Waals surface area contributed by atoms with E-state index < -0.39 is 0 Å². The molecule has 152 valence electrons. The number of hydrogen-bond donors (Lipinski definition) is 0. The molecule has 5 heteroatoms. The molecule has 4 aromatic heterocycles. The van der Waals surface area contributed by atoms with Crippen molar-refractivity contribution >= 4 is 21.9 Å². The minimum absolute atomic E-state index is 0.563. The normalized spacial score (nSPS) is 11.1. The third kappa shape index (κ3) is 3.17. The lowest BCUT2D eigenvalue weighted by Gasteiger charge is -2.09. The summed E-state index contributed by atoms with van der Waals surface area (Å²) in [5.74, 6) is 2.16. The van der Waals surface area contributed by atoms with Crippen LogP contribution in [0, 0.1) is 0 Å². The van der Waals surface area contributed by atoms with Gasteiger partial charge < -0.3 is 4.74 Å². The molecule has 6 rings (SSSR count). The summed E-state index contributed by atoms with van der Waals surface area (Å²) in [6.07, 6.45) is 5.44. The first-order valence-corrected chi connectivity index (χ1v) is 10.4. The Balaban J connectivity index is 1.50. The topological polar surface area (TPSA) is 52.8 Å². The third-order valence-electron chi connectivity index (χ3n) is 5.41. The van der Waals surface area contributed by atoms with Gasteiger partial charge in [0.25, 0.3) is 0 Å². The van der Waals surface area contributed by atoms with E-state index in [9.17, 15) is 0 Å². The number of rotatable bonds is 4. The van der Waals surface area contributed by atoms with Gasteiger partial charge >= 0.3 is 0 Å². The Morgan fingerprint density at radius 2 is 1.47 bits per heavy atom. The number of benzene rings is 2. The standard InChI is InChI=1S/C27H18N4O/c1-2-11-23-22(10-1)27-24(31(23)25-12-3-5-14-28-25)17-20(18-30-27)19-8-7-9-21(16-19)32-26-13-4-6-15-29-26/h1-18H. The van der Waals surface area contributed by atoms with Gasteiger partial charge in [-0.2, -0.15) is 0 Å². The molecule has 0 N–H and O–H groups in total. The molecular weight excluding hydrogens is 396 g/mol. The Morgan fingerprint density at radius 1 is 0.625 bits per heavy atom. The highest BCUT2D eigenvalue weighted by Crippen LogP contribution is 2.33. The molecule has 0 bridgehead atoms. The van der Waals surface area contributed by atoms with Crippen LogP contribution in [-0.4, -0.2) is 19.5 Å². The predicted molar refractivity (Wildman–Crippen MR) is 126 cm³/mol. The highest BCUT2D eigenvalue weighted by Gasteiger charge is 2.15. The molecule has 0 amide bonds. The second-order valence-corrected chi connectivity index (χ2v) is 7.43. The predicted octanol–water partition coefficient (Wildman–Crippen LogP) is 6.43. The summed E-state index contributed by atoms with van der Waals surface area (Å²) >= 11 is 0. The van der Waals surface area contributed by atoms with Gasteiger partial charge in [-0.05, 0) is 48.0 Å². The maximum Gasteiger partial charge on any atom is 0.219 e. The van der Waals surface area contributed by atoms with Crippen LogP contribution in [-0.2, 0) is 0 Å². The SMILES string of the molecule is c1ccc(Oc2cccc(-c3cnc4c5ccccc5n(-c5ccccn5)c4c3)c2)nc1. The van der Waals surface area contributed by atoms with E-state index in [2.05, 4.69) is 38.8 Å². The summed E-state index contributed by atoms with van der Waals surface area (Å²) in [7, 11) is 0. The number of nitrogens with zero attached hydrogens (tertiary/aromatic N) is 4. The maximum atomic E-state index is 5.92. The third-order valence-corrected chi connectivity index (χ3v) is 5.41. The molecule has 0 spiro atoms. The quantitative estimate of drug-likeness (QED) is 0.334. The second-order valence-electron chi connectivity index (χ2n) is 7.43. The van der Waals surface area contributed by atoms with E-state index in [-0.39, 0.29) is 0 Å². The molecule has 2 aromatic carbocycles. The minimum Gasteiger partial charge on any atom is -0.439 e. The molecule has 4 heterocycles. The van der Waals surface area contributed by atoms with Gasteiger partial charge in [-0.1, -0.05) is 42.5 Å². The highest BCUT2D eigenvalue weighted by molar-refractivity contribution is 6.07. The van der Waals surface area contributed by atoms with Crippen LogP contribution in [0.3, 0.4) is 0 Å². The van der Waals surface area contributed by atoms with E-state index in [1.807, 2.05) is 79.1 Å². The van der Waals surface area contributed by atoms with E-state index in [4.69, 9.17) is 9.72 Å². The van der Waals surface area contributed by atoms with Gasteiger partial charge in [0.05, 0.1) is 16.6 Å². The molecule has 0 aliphatic heterocycles. The van der Waals surface area contributed by atoms with Crippen LogP contribution < -0.4 is 4.74 Å². The van der Waals surface area contributed by atoms with Crippen LogP contribution >= 0.6 is 0 Å². The highest BCUT2D eigenvalue weighted by atomic mass is 16.5. The van der Waals surface area contributed by atoms with Crippen molar-refractivity contribution in [2.45, 2.75) is 0 Å². The molecule has 0 aliphatic carbocycles. The number of ether oxygens (including phenoxy) is 1. The largest absolute Gasteiger partial charge is 0.439 e. The van der Waals surface area contributed by atoms with Crippen molar-refractivity contribution in [1.82, 2.24) is 19.5 Å². The van der Waals surface area contributed by atoms with Crippen molar-refractivity contribution in [2.75, 3.05) is 0 Å². The van der Waals surface area contributed by atoms with Gasteiger partial charge in [-0.25, -0.2) is 9.97 Å². The number of fused-ring (bicyclic) bond motifs is 3. The van der Waals surface area contributed by atoms with Crippen molar-refractivity contribution in [2.24, 2.45) is 0 Å². The molecule has 0 unspecified atom stereocenters. The first kappa shape index (κ1) is 18.3. The van der Waals surface area contributed by atoms with E-state index in [1.54, 1.807) is 6.20 Å². The fourth-order valence-corrected chi connectivity index (χ4v) is 3.99. The summed E-state index contributed by atoms with van der Waals surface area (Å²) in [6, 6.07) is 30.0. The smallest absolute Gasteiger partial charge is 0.219 e. The summed E-state index contributed by atoms with van der Waals surface area (Å²) in [5.41, 5.74) is 5.07. The van der Waals surface area contributed by atoms with Crippen molar-refractivity contribution in [3.05, 3.63) is 110 Å². The zero-order valence-electron chi connectivity index (χ0n) is 17.1. The van der Waals surface area contributed by atoms with Crippen LogP contribution in [0.5, 0.6) is 11.6 Å². The van der Waals surface area contributed by atoms with Gasteiger partial charge in [0, 0.05) is 35.6 Å². The first-order chi connectivity index (χ1) is 15.9. The Kier molecular flexibility index (Phi) is 4.36. The van der Waals surface area contributed by atoms with Crippen LogP contribution in [0.1, 0.15) is 0 Å². The Morgan fingerprint density at radius 3 is 2.31 bits per heavy atom. The van der Waals surface area contributed by atoms with Gasteiger partial charge in [-0.3, -0.25) is 9.55 Å². The summed E-state index contributed by atoms with van der Waals surface area (Å²) < 4.78 is 8.08. The fraction of sp³-hybridized carbons (Fsp3) is 0. The molecule has 6 aromatic rings. The van der Waals surface area contributed by atoms with E-state index in [0.717, 1.165) is 44.6 Å². The Bertz CT molecular complexity index is 1540. The van der Waals surface area contributed by atoms with Crippen molar-refractivity contribution in [3.8, 4) is 28.6 Å². The molecule has 0 atom stereocenters. The molecule has 0 fully saturated rings. The van der Waals surface area contributed by atoms with Crippen LogP contribution in [0.2, 0.25) is 0 Å².